The van der Waals surface area contributed by atoms with E-state index in [9.17, 15) is 0 Å². The van der Waals surface area contributed by atoms with Crippen molar-refractivity contribution in [2.45, 2.75) is 13.1 Å². The number of hydrogen-bond donors (Lipinski definition) is 0. The topological polar surface area (TPSA) is 39.9 Å². The number of thiophene rings is 1. The summed E-state index contributed by atoms with van der Waals surface area (Å²) in [6.07, 6.45) is 1.65. The van der Waals surface area contributed by atoms with E-state index in [0.717, 1.165) is 23.1 Å². The Labute approximate surface area is 119 Å². The Morgan fingerprint density at radius 3 is 3.00 bits per heavy atom. The van der Waals surface area contributed by atoms with E-state index in [1.807, 2.05) is 19.2 Å². The molecule has 0 saturated heterocycles. The van der Waals surface area contributed by atoms with Crippen LogP contribution in [0.15, 0.2) is 34.2 Å². The molecule has 2 rings (SSSR count). The molecule has 0 radical (unpaired) electrons. The predicted molar refractivity (Wildman–Crippen MR) is 76.1 cm³/mol. The second-order valence-corrected chi connectivity index (χ2v) is 5.94. The van der Waals surface area contributed by atoms with Crippen molar-refractivity contribution in [3.05, 3.63) is 50.4 Å². The molecule has 0 aliphatic heterocycles. The second-order valence-electron chi connectivity index (χ2n) is 4.03. The van der Waals surface area contributed by atoms with Gasteiger partial charge in [-0.1, -0.05) is 6.07 Å². The lowest BCUT2D eigenvalue weighted by Gasteiger charge is -2.15. The Kier molecular flexibility index (Phi) is 4.48. The van der Waals surface area contributed by atoms with Crippen molar-refractivity contribution in [1.29, 1.82) is 5.26 Å². The standard InChI is InChI=1S/C13H12BrN3S/c1-17(8-12-5-11(14)9-18-12)7-10-3-2-4-16-13(10)6-15/h2-5,9H,7-8H2,1H3. The molecule has 2 aromatic rings. The fourth-order valence-electron chi connectivity index (χ4n) is 1.72. The predicted octanol–water partition coefficient (Wildman–Crippen LogP) is 3.41. The zero-order valence-corrected chi connectivity index (χ0v) is 12.3. The van der Waals surface area contributed by atoms with E-state index < -0.39 is 0 Å². The van der Waals surface area contributed by atoms with Gasteiger partial charge in [-0.2, -0.15) is 5.26 Å². The normalized spacial score (nSPS) is 10.6. The second kappa shape index (κ2) is 6.10. The maximum Gasteiger partial charge on any atom is 0.144 e. The number of aromatic nitrogens is 1. The summed E-state index contributed by atoms with van der Waals surface area (Å²) in [7, 11) is 2.04. The van der Waals surface area contributed by atoms with Crippen molar-refractivity contribution in [3.63, 3.8) is 0 Å². The summed E-state index contributed by atoms with van der Waals surface area (Å²) in [6, 6.07) is 8.06. The Balaban J connectivity index is 2.03. The lowest BCUT2D eigenvalue weighted by Crippen LogP contribution is -2.17. The van der Waals surface area contributed by atoms with Crippen LogP contribution in [-0.2, 0) is 13.1 Å². The van der Waals surface area contributed by atoms with E-state index in [1.54, 1.807) is 17.5 Å². The highest BCUT2D eigenvalue weighted by molar-refractivity contribution is 9.10. The molecule has 2 heterocycles. The van der Waals surface area contributed by atoms with Gasteiger partial charge in [0.15, 0.2) is 0 Å². The molecule has 0 unspecified atom stereocenters. The average Bonchev–Trinajstić information content (AvgIpc) is 2.75. The smallest absolute Gasteiger partial charge is 0.144 e. The molecule has 0 aromatic carbocycles. The fraction of sp³-hybridized carbons (Fsp3) is 0.231. The summed E-state index contributed by atoms with van der Waals surface area (Å²) >= 11 is 5.18. The molecule has 0 aliphatic rings. The van der Waals surface area contributed by atoms with Crippen LogP contribution in [0.1, 0.15) is 16.1 Å². The summed E-state index contributed by atoms with van der Waals surface area (Å²) in [5.74, 6) is 0. The van der Waals surface area contributed by atoms with Gasteiger partial charge in [-0.3, -0.25) is 4.90 Å². The Bertz CT molecular complexity index is 574. The molecule has 0 fully saturated rings. The molecule has 3 nitrogen and oxygen atoms in total. The molecule has 2 aromatic heterocycles. The summed E-state index contributed by atoms with van der Waals surface area (Å²) in [4.78, 5) is 7.54. The first kappa shape index (κ1) is 13.2. The van der Waals surface area contributed by atoms with Crippen LogP contribution in [0.5, 0.6) is 0 Å². The van der Waals surface area contributed by atoms with Gasteiger partial charge in [0.05, 0.1) is 0 Å². The lowest BCUT2D eigenvalue weighted by atomic mass is 10.2. The Morgan fingerprint density at radius 2 is 2.33 bits per heavy atom. The van der Waals surface area contributed by atoms with Gasteiger partial charge in [0.25, 0.3) is 0 Å². The van der Waals surface area contributed by atoms with Crippen LogP contribution >= 0.6 is 27.3 Å². The first-order chi connectivity index (χ1) is 8.69. The number of rotatable bonds is 4. The molecule has 0 atom stereocenters. The average molecular weight is 322 g/mol. The minimum Gasteiger partial charge on any atom is -0.297 e. The third-order valence-electron chi connectivity index (χ3n) is 2.48. The van der Waals surface area contributed by atoms with Gasteiger partial charge in [0, 0.05) is 39.6 Å². The van der Waals surface area contributed by atoms with E-state index in [0.29, 0.717) is 5.69 Å². The fourth-order valence-corrected chi connectivity index (χ4v) is 3.25. The molecule has 0 spiro atoms. The third-order valence-corrected chi connectivity index (χ3v) is 4.17. The van der Waals surface area contributed by atoms with E-state index >= 15 is 0 Å². The number of halogens is 1. The summed E-state index contributed by atoms with van der Waals surface area (Å²) in [6.45, 7) is 1.60. The van der Waals surface area contributed by atoms with Crippen LogP contribution in [0.2, 0.25) is 0 Å². The van der Waals surface area contributed by atoms with E-state index in [4.69, 9.17) is 5.26 Å². The largest absolute Gasteiger partial charge is 0.297 e. The van der Waals surface area contributed by atoms with Crippen molar-refractivity contribution < 1.29 is 0 Å². The van der Waals surface area contributed by atoms with Crippen molar-refractivity contribution in [3.8, 4) is 6.07 Å². The molecule has 92 valence electrons. The molecule has 0 aliphatic carbocycles. The quantitative estimate of drug-likeness (QED) is 0.866. The van der Waals surface area contributed by atoms with Crippen molar-refractivity contribution in [2.24, 2.45) is 0 Å². The highest BCUT2D eigenvalue weighted by Gasteiger charge is 2.07. The van der Waals surface area contributed by atoms with Gasteiger partial charge in [0.2, 0.25) is 0 Å². The number of nitrogens with zero attached hydrogens (tertiary/aromatic N) is 3. The molecule has 0 saturated carbocycles. The zero-order valence-electron chi connectivity index (χ0n) is 9.93. The number of nitriles is 1. The van der Waals surface area contributed by atoms with Crippen LogP contribution in [0, 0.1) is 11.3 Å². The molecule has 0 N–H and O–H groups in total. The number of pyridine rings is 1. The van der Waals surface area contributed by atoms with Gasteiger partial charge in [0.1, 0.15) is 11.8 Å². The summed E-state index contributed by atoms with van der Waals surface area (Å²) in [5.41, 5.74) is 1.48. The highest BCUT2D eigenvalue weighted by Crippen LogP contribution is 2.21. The third kappa shape index (κ3) is 3.39. The highest BCUT2D eigenvalue weighted by atomic mass is 79.9. The Morgan fingerprint density at radius 1 is 1.50 bits per heavy atom. The van der Waals surface area contributed by atoms with Crippen molar-refractivity contribution >= 4 is 27.3 Å². The lowest BCUT2D eigenvalue weighted by molar-refractivity contribution is 0.321. The van der Waals surface area contributed by atoms with Gasteiger partial charge < -0.3 is 0 Å². The molecule has 5 heteroatoms. The maximum absolute atomic E-state index is 8.99. The van der Waals surface area contributed by atoms with E-state index in [-0.39, 0.29) is 0 Å². The van der Waals surface area contributed by atoms with Gasteiger partial charge in [-0.05, 0) is 35.1 Å². The minimum absolute atomic E-state index is 0.511. The Hall–Kier alpha value is -1.22. The van der Waals surface area contributed by atoms with Crippen LogP contribution in [0.3, 0.4) is 0 Å². The van der Waals surface area contributed by atoms with Crippen LogP contribution in [0.4, 0.5) is 0 Å². The maximum atomic E-state index is 8.99. The summed E-state index contributed by atoms with van der Waals surface area (Å²) < 4.78 is 1.12. The van der Waals surface area contributed by atoms with Gasteiger partial charge in [-0.25, -0.2) is 4.98 Å². The molecular formula is C13H12BrN3S. The number of hydrogen-bond acceptors (Lipinski definition) is 4. The van der Waals surface area contributed by atoms with Crippen LogP contribution in [-0.4, -0.2) is 16.9 Å². The minimum atomic E-state index is 0.511. The van der Waals surface area contributed by atoms with Gasteiger partial charge in [-0.15, -0.1) is 11.3 Å². The van der Waals surface area contributed by atoms with Crippen LogP contribution < -0.4 is 0 Å². The van der Waals surface area contributed by atoms with E-state index in [1.165, 1.54) is 4.88 Å². The monoisotopic (exact) mass is 321 g/mol. The summed E-state index contributed by atoms with van der Waals surface area (Å²) in [5, 5.41) is 11.1. The molecule has 0 amide bonds. The zero-order chi connectivity index (χ0) is 13.0. The van der Waals surface area contributed by atoms with E-state index in [2.05, 4.69) is 43.3 Å². The molecule has 0 bridgehead atoms. The van der Waals surface area contributed by atoms with Crippen LogP contribution in [0.25, 0.3) is 0 Å². The molecule has 18 heavy (non-hydrogen) atoms. The first-order valence-corrected chi connectivity index (χ1v) is 7.12. The molecular weight excluding hydrogens is 310 g/mol. The van der Waals surface area contributed by atoms with Gasteiger partial charge >= 0.3 is 0 Å². The first-order valence-electron chi connectivity index (χ1n) is 5.44. The SMILES string of the molecule is CN(Cc1cc(Br)cs1)Cc1cccnc1C#N. The van der Waals surface area contributed by atoms with Crippen molar-refractivity contribution in [2.75, 3.05) is 7.05 Å². The van der Waals surface area contributed by atoms with Crippen molar-refractivity contribution in [1.82, 2.24) is 9.88 Å².